The molecule has 0 unspecified atom stereocenters. The molecule has 2 N–H and O–H groups in total. The van der Waals surface area contributed by atoms with Crippen molar-refractivity contribution in [2.75, 3.05) is 6.54 Å². The van der Waals surface area contributed by atoms with Crippen LogP contribution in [0.25, 0.3) is 16.6 Å². The molecule has 2 heterocycles. The molecule has 1 saturated carbocycles. The van der Waals surface area contributed by atoms with Crippen molar-refractivity contribution in [3.8, 4) is 5.69 Å². The number of aromatic carboxylic acids is 1. The summed E-state index contributed by atoms with van der Waals surface area (Å²) in [5.74, 6) is -2.91. The van der Waals surface area contributed by atoms with Crippen molar-refractivity contribution < 1.29 is 48.2 Å². The maximum absolute atomic E-state index is 15.4. The summed E-state index contributed by atoms with van der Waals surface area (Å²) < 4.78 is 33.8. The van der Waals surface area contributed by atoms with E-state index in [-0.39, 0.29) is 50.9 Å². The van der Waals surface area contributed by atoms with Gasteiger partial charge in [-0.25, -0.2) is 8.78 Å². The minimum atomic E-state index is -1.59. The summed E-state index contributed by atoms with van der Waals surface area (Å²) in [6.07, 6.45) is 5.22. The van der Waals surface area contributed by atoms with Crippen LogP contribution in [0.5, 0.6) is 0 Å². The number of benzene rings is 2. The van der Waals surface area contributed by atoms with Crippen molar-refractivity contribution in [1.82, 2.24) is 14.3 Å². The molecule has 5 rings (SSSR count). The van der Waals surface area contributed by atoms with Gasteiger partial charge in [-0.15, -0.1) is 0 Å². The Bertz CT molecular complexity index is 1400. The smallest absolute Gasteiger partial charge is 0.545 e. The van der Waals surface area contributed by atoms with E-state index in [1.165, 1.54) is 18.2 Å². The summed E-state index contributed by atoms with van der Waals surface area (Å²) >= 11 is 7.21. The van der Waals surface area contributed by atoms with E-state index >= 15 is 4.39 Å². The number of nitrogens with zero attached hydrogens (tertiary/aromatic N) is 3. The molecule has 6 nitrogen and oxygen atoms in total. The molecule has 2 aromatic carbocycles. The van der Waals surface area contributed by atoms with Crippen LogP contribution in [0.2, 0.25) is 5.02 Å². The Balaban J connectivity index is 0.00000274. The minimum Gasteiger partial charge on any atom is -0.545 e. The molecule has 0 spiro atoms. The van der Waals surface area contributed by atoms with Gasteiger partial charge >= 0.3 is 29.6 Å². The van der Waals surface area contributed by atoms with Crippen molar-refractivity contribution in [3.63, 3.8) is 0 Å². The third-order valence-electron chi connectivity index (χ3n) is 5.61. The van der Waals surface area contributed by atoms with Gasteiger partial charge in [0.15, 0.2) is 5.82 Å². The van der Waals surface area contributed by atoms with Gasteiger partial charge in [-0.05, 0) is 31.0 Å². The molecule has 11 heteroatoms. The SMILES string of the molecule is NCCn1cc(-n2c(C3CC3)c(Sc3cccc(C(=O)[O-])c3F)c3ccc(Cl)c(F)c32)cn1.[Na+]. The number of carbonyl (C=O) groups excluding carboxylic acids is 1. The molecule has 0 saturated heterocycles. The van der Waals surface area contributed by atoms with E-state index in [9.17, 15) is 14.3 Å². The first-order valence-corrected chi connectivity index (χ1v) is 11.5. The fraction of sp³-hybridized carbons (Fsp3) is 0.217. The van der Waals surface area contributed by atoms with Crippen LogP contribution >= 0.6 is 23.4 Å². The Hall–Kier alpha value is -1.88. The van der Waals surface area contributed by atoms with E-state index in [1.807, 2.05) is 0 Å². The van der Waals surface area contributed by atoms with Gasteiger partial charge in [0, 0.05) is 45.1 Å². The fourth-order valence-electron chi connectivity index (χ4n) is 3.98. The van der Waals surface area contributed by atoms with Crippen LogP contribution in [-0.4, -0.2) is 26.9 Å². The molecule has 1 aliphatic carbocycles. The monoisotopic (exact) mass is 510 g/mol. The molecule has 0 atom stereocenters. The van der Waals surface area contributed by atoms with Crippen LogP contribution < -0.4 is 40.4 Å². The van der Waals surface area contributed by atoms with E-state index in [1.54, 1.807) is 27.7 Å². The molecule has 170 valence electrons. The van der Waals surface area contributed by atoms with E-state index < -0.39 is 23.2 Å². The first-order valence-electron chi connectivity index (χ1n) is 10.3. The van der Waals surface area contributed by atoms with E-state index in [0.29, 0.717) is 29.1 Å². The van der Waals surface area contributed by atoms with Gasteiger partial charge < -0.3 is 20.2 Å². The second-order valence-electron chi connectivity index (χ2n) is 7.84. The zero-order valence-corrected chi connectivity index (χ0v) is 21.8. The first kappa shape index (κ1) is 25.2. The Morgan fingerprint density at radius 2 is 2.00 bits per heavy atom. The Morgan fingerprint density at radius 3 is 2.68 bits per heavy atom. The van der Waals surface area contributed by atoms with Crippen molar-refractivity contribution in [2.24, 2.45) is 5.73 Å². The van der Waals surface area contributed by atoms with E-state index in [4.69, 9.17) is 17.3 Å². The summed E-state index contributed by atoms with van der Waals surface area (Å²) in [5, 5.41) is 16.2. The van der Waals surface area contributed by atoms with Crippen LogP contribution in [0.3, 0.4) is 0 Å². The molecule has 4 aromatic rings. The van der Waals surface area contributed by atoms with Crippen molar-refractivity contribution in [2.45, 2.75) is 35.1 Å². The molecule has 0 amide bonds. The van der Waals surface area contributed by atoms with Gasteiger partial charge in [0.05, 0.1) is 34.9 Å². The quantitative estimate of drug-likeness (QED) is 0.376. The summed E-state index contributed by atoms with van der Waals surface area (Å²) in [6.45, 7) is 0.905. The van der Waals surface area contributed by atoms with E-state index in [2.05, 4.69) is 5.10 Å². The number of halogens is 3. The summed E-state index contributed by atoms with van der Waals surface area (Å²) in [5.41, 5.74) is 6.86. The Kier molecular flexibility index (Phi) is 7.42. The Labute approximate surface area is 225 Å². The van der Waals surface area contributed by atoms with E-state index in [0.717, 1.165) is 36.4 Å². The number of carboxylic acid groups (broad SMARTS) is 1. The zero-order valence-electron chi connectivity index (χ0n) is 18.2. The second-order valence-corrected chi connectivity index (χ2v) is 9.30. The van der Waals surface area contributed by atoms with Gasteiger partial charge in [-0.3, -0.25) is 4.68 Å². The number of aromatic nitrogens is 3. The zero-order chi connectivity index (χ0) is 23.3. The van der Waals surface area contributed by atoms with Crippen molar-refractivity contribution in [1.29, 1.82) is 0 Å². The normalized spacial score (nSPS) is 13.3. The second kappa shape index (κ2) is 10.0. The molecule has 1 aliphatic rings. The number of hydrogen-bond donors (Lipinski definition) is 1. The third-order valence-corrected chi connectivity index (χ3v) is 7.07. The van der Waals surface area contributed by atoms with Gasteiger partial charge in [0.25, 0.3) is 0 Å². The van der Waals surface area contributed by atoms with Crippen LogP contribution in [0.4, 0.5) is 8.78 Å². The fourth-order valence-corrected chi connectivity index (χ4v) is 5.34. The average Bonchev–Trinajstić information content (AvgIpc) is 3.43. The first-order chi connectivity index (χ1) is 15.9. The topological polar surface area (TPSA) is 88.9 Å². The van der Waals surface area contributed by atoms with Crippen LogP contribution in [-0.2, 0) is 6.54 Å². The molecule has 2 aromatic heterocycles. The number of hydrogen-bond acceptors (Lipinski definition) is 5. The molecular weight excluding hydrogens is 493 g/mol. The maximum atomic E-state index is 15.4. The number of nitrogens with two attached hydrogens (primary N) is 1. The third kappa shape index (κ3) is 4.41. The summed E-state index contributed by atoms with van der Waals surface area (Å²) in [7, 11) is 0. The predicted molar refractivity (Wildman–Crippen MR) is 120 cm³/mol. The molecule has 0 radical (unpaired) electrons. The number of rotatable bonds is 7. The minimum absolute atomic E-state index is 0. The maximum Gasteiger partial charge on any atom is 1.00 e. The largest absolute Gasteiger partial charge is 1.00 e. The number of carbonyl (C=O) groups is 1. The van der Waals surface area contributed by atoms with Crippen molar-refractivity contribution in [3.05, 3.63) is 70.6 Å². The Morgan fingerprint density at radius 1 is 1.24 bits per heavy atom. The molecule has 1 fully saturated rings. The molecule has 34 heavy (non-hydrogen) atoms. The van der Waals surface area contributed by atoms with Gasteiger partial charge in [0.2, 0.25) is 0 Å². The standard InChI is InChI=1S/C23H19ClF2N4O2S.Na/c24-16-7-6-15-21(19(16)26)30(13-10-28-29(11-13)9-8-27)20(12-4-5-12)22(15)33-17-3-1-2-14(18(17)25)23(31)32;/h1-3,6-7,10-12H,4-5,8-9,27H2,(H,31,32);/q;+1/p-1. The number of carboxylic acids is 1. The van der Waals surface area contributed by atoms with Crippen LogP contribution in [0.1, 0.15) is 34.8 Å². The van der Waals surface area contributed by atoms with Crippen LogP contribution in [0, 0.1) is 11.6 Å². The van der Waals surface area contributed by atoms with Gasteiger partial charge in [-0.1, -0.05) is 35.5 Å². The molecular formula is C23H18ClF2N4NaO2S. The van der Waals surface area contributed by atoms with Crippen molar-refractivity contribution >= 4 is 40.2 Å². The average molecular weight is 511 g/mol. The predicted octanol–water partition coefficient (Wildman–Crippen LogP) is 1.11. The summed E-state index contributed by atoms with van der Waals surface area (Å²) in [6, 6.07) is 7.29. The summed E-state index contributed by atoms with van der Waals surface area (Å²) in [4.78, 5) is 12.1. The molecule has 0 aliphatic heterocycles. The molecule has 0 bridgehead atoms. The number of fused-ring (bicyclic) bond motifs is 1. The van der Waals surface area contributed by atoms with Gasteiger partial charge in [-0.2, -0.15) is 5.10 Å². The van der Waals surface area contributed by atoms with Crippen LogP contribution in [0.15, 0.2) is 52.5 Å². The van der Waals surface area contributed by atoms with Gasteiger partial charge in [0.1, 0.15) is 5.82 Å².